The summed E-state index contributed by atoms with van der Waals surface area (Å²) >= 11 is 0. The number of hydrogen-bond acceptors (Lipinski definition) is 5. The molecule has 0 saturated carbocycles. The van der Waals surface area contributed by atoms with Crippen molar-refractivity contribution in [2.24, 2.45) is 0 Å². The first kappa shape index (κ1) is 19.3. The van der Waals surface area contributed by atoms with Gasteiger partial charge in [0, 0.05) is 11.4 Å². The highest BCUT2D eigenvalue weighted by Crippen LogP contribution is 2.28. The van der Waals surface area contributed by atoms with Gasteiger partial charge in [0.2, 0.25) is 0 Å². The normalized spacial score (nSPS) is 10.8. The number of ether oxygens (including phenoxy) is 1. The maximum Gasteiger partial charge on any atom is 0.265 e. The van der Waals surface area contributed by atoms with Crippen LogP contribution in [-0.4, -0.2) is 15.5 Å². The number of anilines is 3. The van der Waals surface area contributed by atoms with Crippen LogP contribution in [0.1, 0.15) is 11.1 Å². The molecule has 0 aliphatic rings. The molecule has 0 aliphatic carbocycles. The third-order valence-corrected chi connectivity index (χ3v) is 5.47. The van der Waals surface area contributed by atoms with Gasteiger partial charge in [-0.15, -0.1) is 0 Å². The minimum absolute atomic E-state index is 0.0835. The van der Waals surface area contributed by atoms with Crippen molar-refractivity contribution >= 4 is 27.1 Å². The monoisotopic (exact) mass is 393 g/mol. The van der Waals surface area contributed by atoms with Crippen LogP contribution >= 0.6 is 0 Å². The number of para-hydroxylation sites is 1. The van der Waals surface area contributed by atoms with Crippen molar-refractivity contribution in [3.8, 4) is 11.8 Å². The van der Waals surface area contributed by atoms with Gasteiger partial charge in [0.25, 0.3) is 10.0 Å². The molecule has 0 aliphatic heterocycles. The quantitative estimate of drug-likeness (QED) is 0.647. The lowest BCUT2D eigenvalue weighted by Crippen LogP contribution is -2.14. The molecule has 0 radical (unpaired) electrons. The van der Waals surface area contributed by atoms with Crippen molar-refractivity contribution in [3.05, 3.63) is 77.9 Å². The second-order valence-electron chi connectivity index (χ2n) is 6.12. The zero-order chi connectivity index (χ0) is 20.1. The van der Waals surface area contributed by atoms with Crippen molar-refractivity contribution in [2.75, 3.05) is 17.1 Å². The Balaban J connectivity index is 1.81. The Labute approximate surface area is 164 Å². The van der Waals surface area contributed by atoms with Gasteiger partial charge in [0.15, 0.2) is 0 Å². The predicted molar refractivity (Wildman–Crippen MR) is 109 cm³/mol. The van der Waals surface area contributed by atoms with E-state index in [1.165, 1.54) is 7.11 Å². The van der Waals surface area contributed by atoms with Crippen LogP contribution < -0.4 is 14.8 Å². The number of sulfonamides is 1. The number of rotatable bonds is 6. The Morgan fingerprint density at radius 3 is 2.32 bits per heavy atom. The number of nitriles is 1. The SMILES string of the molecule is COc1ccc(C)cc1S(=O)(=O)Nc1ccc(Nc2ccccc2C#N)cc1. The Bertz CT molecular complexity index is 1130. The molecule has 0 atom stereocenters. The predicted octanol–water partition coefficient (Wildman–Crippen LogP) is 4.42. The molecule has 0 unspecified atom stereocenters. The van der Waals surface area contributed by atoms with Gasteiger partial charge in [-0.3, -0.25) is 4.72 Å². The number of nitrogens with zero attached hydrogens (tertiary/aromatic N) is 1. The number of nitrogens with one attached hydrogen (secondary N) is 2. The first-order chi connectivity index (χ1) is 13.4. The smallest absolute Gasteiger partial charge is 0.265 e. The molecule has 0 heterocycles. The molecular formula is C21H19N3O3S. The molecule has 0 amide bonds. The van der Waals surface area contributed by atoms with E-state index in [-0.39, 0.29) is 10.6 Å². The summed E-state index contributed by atoms with van der Waals surface area (Å²) in [5, 5.41) is 12.3. The van der Waals surface area contributed by atoms with Crippen LogP contribution in [0.5, 0.6) is 5.75 Å². The second-order valence-corrected chi connectivity index (χ2v) is 7.77. The van der Waals surface area contributed by atoms with E-state index in [9.17, 15) is 8.42 Å². The molecule has 0 spiro atoms. The summed E-state index contributed by atoms with van der Waals surface area (Å²) in [6.07, 6.45) is 0. The van der Waals surface area contributed by atoms with Crippen molar-refractivity contribution in [1.29, 1.82) is 5.26 Å². The van der Waals surface area contributed by atoms with Crippen LogP contribution in [0.3, 0.4) is 0 Å². The molecular weight excluding hydrogens is 374 g/mol. The lowest BCUT2D eigenvalue weighted by molar-refractivity contribution is 0.402. The lowest BCUT2D eigenvalue weighted by atomic mass is 10.2. The zero-order valence-corrected chi connectivity index (χ0v) is 16.2. The highest BCUT2D eigenvalue weighted by atomic mass is 32.2. The first-order valence-electron chi connectivity index (χ1n) is 8.46. The van der Waals surface area contributed by atoms with Crippen molar-refractivity contribution < 1.29 is 13.2 Å². The number of benzene rings is 3. The van der Waals surface area contributed by atoms with Crippen molar-refractivity contribution in [3.63, 3.8) is 0 Å². The fourth-order valence-electron chi connectivity index (χ4n) is 2.67. The van der Waals surface area contributed by atoms with Crippen LogP contribution in [0.15, 0.2) is 71.6 Å². The average Bonchev–Trinajstić information content (AvgIpc) is 2.69. The minimum atomic E-state index is -3.80. The van der Waals surface area contributed by atoms with E-state index < -0.39 is 10.0 Å². The van der Waals surface area contributed by atoms with E-state index in [1.807, 2.05) is 13.0 Å². The van der Waals surface area contributed by atoms with E-state index in [0.717, 1.165) is 11.3 Å². The maximum atomic E-state index is 12.8. The van der Waals surface area contributed by atoms with E-state index in [4.69, 9.17) is 10.00 Å². The summed E-state index contributed by atoms with van der Waals surface area (Å²) in [6, 6.07) is 21.0. The molecule has 0 saturated heterocycles. The molecule has 6 nitrogen and oxygen atoms in total. The summed E-state index contributed by atoms with van der Waals surface area (Å²) in [5.41, 5.74) is 3.18. The fraction of sp³-hybridized carbons (Fsp3) is 0.0952. The number of aryl methyl sites for hydroxylation is 1. The lowest BCUT2D eigenvalue weighted by Gasteiger charge is -2.13. The molecule has 3 rings (SSSR count). The van der Waals surface area contributed by atoms with Gasteiger partial charge in [0.05, 0.1) is 18.4 Å². The molecule has 3 aromatic carbocycles. The van der Waals surface area contributed by atoms with Crippen LogP contribution in [0, 0.1) is 18.3 Å². The fourth-order valence-corrected chi connectivity index (χ4v) is 3.98. The van der Waals surface area contributed by atoms with Gasteiger partial charge < -0.3 is 10.1 Å². The van der Waals surface area contributed by atoms with Gasteiger partial charge >= 0.3 is 0 Å². The van der Waals surface area contributed by atoms with Gasteiger partial charge in [-0.1, -0.05) is 18.2 Å². The van der Waals surface area contributed by atoms with Crippen LogP contribution in [0.2, 0.25) is 0 Å². The number of methoxy groups -OCH3 is 1. The Morgan fingerprint density at radius 1 is 0.964 bits per heavy atom. The van der Waals surface area contributed by atoms with E-state index >= 15 is 0 Å². The summed E-state index contributed by atoms with van der Waals surface area (Å²) in [4.78, 5) is 0.0835. The first-order valence-corrected chi connectivity index (χ1v) is 9.95. The molecule has 0 fully saturated rings. The van der Waals surface area contributed by atoms with Crippen molar-refractivity contribution in [1.82, 2.24) is 0 Å². The van der Waals surface area contributed by atoms with E-state index in [2.05, 4.69) is 16.1 Å². The molecule has 3 aromatic rings. The highest BCUT2D eigenvalue weighted by molar-refractivity contribution is 7.92. The van der Waals surface area contributed by atoms with E-state index in [0.29, 0.717) is 16.9 Å². The standard InChI is InChI=1S/C21H19N3O3S/c1-15-7-12-20(27-2)21(13-15)28(25,26)24-18-10-8-17(9-11-18)23-19-6-4-3-5-16(19)14-22/h3-13,23-24H,1-2H3. The summed E-state index contributed by atoms with van der Waals surface area (Å²) in [7, 11) is -2.37. The summed E-state index contributed by atoms with van der Waals surface area (Å²) in [6.45, 7) is 1.82. The van der Waals surface area contributed by atoms with Crippen LogP contribution in [0.4, 0.5) is 17.1 Å². The Kier molecular flexibility index (Phi) is 5.52. The van der Waals surface area contributed by atoms with Gasteiger partial charge in [-0.25, -0.2) is 8.42 Å². The minimum Gasteiger partial charge on any atom is -0.495 e. The summed E-state index contributed by atoms with van der Waals surface area (Å²) in [5.74, 6) is 0.282. The third-order valence-electron chi connectivity index (χ3n) is 4.07. The van der Waals surface area contributed by atoms with Crippen LogP contribution in [0.25, 0.3) is 0 Å². The third kappa shape index (κ3) is 4.24. The zero-order valence-electron chi connectivity index (χ0n) is 15.4. The second kappa shape index (κ2) is 8.03. The van der Waals surface area contributed by atoms with Gasteiger partial charge in [0.1, 0.15) is 16.7 Å². The molecule has 142 valence electrons. The number of hydrogen-bond donors (Lipinski definition) is 2. The molecule has 28 heavy (non-hydrogen) atoms. The average molecular weight is 393 g/mol. The molecule has 2 N–H and O–H groups in total. The molecule has 7 heteroatoms. The maximum absolute atomic E-state index is 12.8. The molecule has 0 aromatic heterocycles. The Hall–Kier alpha value is -3.50. The Morgan fingerprint density at radius 2 is 1.64 bits per heavy atom. The van der Waals surface area contributed by atoms with Crippen LogP contribution in [-0.2, 0) is 10.0 Å². The van der Waals surface area contributed by atoms with E-state index in [1.54, 1.807) is 60.7 Å². The van der Waals surface area contributed by atoms with Gasteiger partial charge in [-0.2, -0.15) is 5.26 Å². The highest BCUT2D eigenvalue weighted by Gasteiger charge is 2.19. The topological polar surface area (TPSA) is 91.2 Å². The van der Waals surface area contributed by atoms with Gasteiger partial charge in [-0.05, 0) is 61.0 Å². The molecule has 0 bridgehead atoms. The largest absolute Gasteiger partial charge is 0.495 e. The van der Waals surface area contributed by atoms with Crippen molar-refractivity contribution in [2.45, 2.75) is 11.8 Å². The summed E-state index contributed by atoms with van der Waals surface area (Å²) < 4.78 is 33.2.